The zero-order valence-corrected chi connectivity index (χ0v) is 14.2. The normalized spacial score (nSPS) is 33.0. The lowest BCUT2D eigenvalue weighted by Crippen LogP contribution is -2.54. The fraction of sp³-hybridized carbons (Fsp3) is 0.750. The van der Waals surface area contributed by atoms with Crippen LogP contribution in [0, 0.1) is 5.92 Å². The van der Waals surface area contributed by atoms with Crippen molar-refractivity contribution in [2.75, 3.05) is 26.7 Å². The average molecular weight is 340 g/mol. The molecule has 1 aromatic heterocycles. The van der Waals surface area contributed by atoms with Crippen molar-refractivity contribution < 1.29 is 17.6 Å². The molecule has 1 aliphatic carbocycles. The molecule has 0 aromatic carbocycles. The zero-order valence-electron chi connectivity index (χ0n) is 13.4. The molecule has 2 aliphatic heterocycles. The van der Waals surface area contributed by atoms with Gasteiger partial charge in [-0.1, -0.05) is 0 Å². The number of rotatable bonds is 5. The number of piperidine rings is 1. The lowest BCUT2D eigenvalue weighted by atomic mass is 9.91. The molecule has 2 saturated heterocycles. The molecule has 3 aliphatic rings. The second-order valence-corrected chi connectivity index (χ2v) is 9.09. The molecule has 0 N–H and O–H groups in total. The Kier molecular flexibility index (Phi) is 3.99. The molecule has 6 nitrogen and oxygen atoms in total. The van der Waals surface area contributed by atoms with Crippen molar-refractivity contribution in [3.8, 4) is 0 Å². The molecule has 0 amide bonds. The Morgan fingerprint density at radius 2 is 2.13 bits per heavy atom. The van der Waals surface area contributed by atoms with E-state index in [9.17, 15) is 8.42 Å². The lowest BCUT2D eigenvalue weighted by Gasteiger charge is -2.40. The van der Waals surface area contributed by atoms with Gasteiger partial charge in [-0.15, -0.1) is 0 Å². The van der Waals surface area contributed by atoms with E-state index in [4.69, 9.17) is 9.15 Å². The Hall–Kier alpha value is -0.890. The van der Waals surface area contributed by atoms with Crippen LogP contribution in [0.3, 0.4) is 0 Å². The van der Waals surface area contributed by atoms with Gasteiger partial charge in [0.2, 0.25) is 10.0 Å². The van der Waals surface area contributed by atoms with Gasteiger partial charge in [-0.2, -0.15) is 4.31 Å². The van der Waals surface area contributed by atoms with Crippen molar-refractivity contribution in [3.05, 3.63) is 24.2 Å². The number of sulfonamides is 1. The van der Waals surface area contributed by atoms with Crippen LogP contribution in [0.25, 0.3) is 0 Å². The van der Waals surface area contributed by atoms with E-state index in [1.807, 2.05) is 12.1 Å². The van der Waals surface area contributed by atoms with Gasteiger partial charge in [0, 0.05) is 38.7 Å². The number of hydrogen-bond acceptors (Lipinski definition) is 5. The fourth-order valence-electron chi connectivity index (χ4n) is 4.12. The second kappa shape index (κ2) is 5.88. The summed E-state index contributed by atoms with van der Waals surface area (Å²) in [6, 6.07) is 3.89. The molecule has 1 aromatic rings. The smallest absolute Gasteiger partial charge is 0.217 e. The van der Waals surface area contributed by atoms with E-state index in [-0.39, 0.29) is 23.3 Å². The molecule has 3 fully saturated rings. The van der Waals surface area contributed by atoms with E-state index in [2.05, 4.69) is 4.90 Å². The zero-order chi connectivity index (χ0) is 16.0. The highest BCUT2D eigenvalue weighted by Crippen LogP contribution is 2.39. The Morgan fingerprint density at radius 3 is 2.78 bits per heavy atom. The molecule has 4 rings (SSSR count). The summed E-state index contributed by atoms with van der Waals surface area (Å²) in [7, 11) is -1.39. The Morgan fingerprint density at radius 1 is 1.30 bits per heavy atom. The molecule has 0 bridgehead atoms. The van der Waals surface area contributed by atoms with Crippen LogP contribution in [0.1, 0.15) is 25.0 Å². The lowest BCUT2D eigenvalue weighted by molar-refractivity contribution is 0.00219. The largest absolute Gasteiger partial charge is 0.468 e. The topological polar surface area (TPSA) is 63.0 Å². The van der Waals surface area contributed by atoms with Crippen LogP contribution in [-0.2, 0) is 21.3 Å². The SMILES string of the molecule is CO[C@@H]1CCN(S(=O)(=O)C2CC2)[C@H]2CN(Cc3ccco3)C[C@@H]12. The minimum atomic E-state index is -3.13. The van der Waals surface area contributed by atoms with Crippen molar-refractivity contribution in [1.29, 1.82) is 0 Å². The first-order valence-corrected chi connectivity index (χ1v) is 9.88. The monoisotopic (exact) mass is 340 g/mol. The maximum Gasteiger partial charge on any atom is 0.217 e. The first-order valence-electron chi connectivity index (χ1n) is 8.38. The van der Waals surface area contributed by atoms with E-state index in [0.29, 0.717) is 6.54 Å². The molecule has 7 heteroatoms. The van der Waals surface area contributed by atoms with E-state index >= 15 is 0 Å². The van der Waals surface area contributed by atoms with Gasteiger partial charge in [0.05, 0.1) is 24.2 Å². The summed E-state index contributed by atoms with van der Waals surface area (Å²) in [4.78, 5) is 2.29. The molecule has 128 valence electrons. The molecule has 1 saturated carbocycles. The standard InChI is InChI=1S/C16H24N2O4S/c1-21-16-6-7-18(23(19,20)13-4-5-13)15-11-17(10-14(15)16)9-12-3-2-8-22-12/h2-3,8,13-16H,4-7,9-11H2,1H3/t14-,15+,16-/m1/s1. The summed E-state index contributed by atoms with van der Waals surface area (Å²) in [6.45, 7) is 2.94. The minimum Gasteiger partial charge on any atom is -0.468 e. The van der Waals surface area contributed by atoms with Gasteiger partial charge in [-0.3, -0.25) is 4.90 Å². The summed E-state index contributed by atoms with van der Waals surface area (Å²) in [6.07, 6.45) is 4.26. The number of fused-ring (bicyclic) bond motifs is 1. The molecule has 3 atom stereocenters. The minimum absolute atomic E-state index is 0.0364. The Bertz CT molecular complexity index is 641. The third-order valence-corrected chi connectivity index (χ3v) is 7.85. The molecule has 0 spiro atoms. The molecule has 3 heterocycles. The summed E-state index contributed by atoms with van der Waals surface area (Å²) in [5.41, 5.74) is 0. The predicted molar refractivity (Wildman–Crippen MR) is 85.3 cm³/mol. The fourth-order valence-corrected chi connectivity index (χ4v) is 6.19. The number of likely N-dealkylation sites (tertiary alicyclic amines) is 1. The van der Waals surface area contributed by atoms with Crippen LogP contribution in [0.5, 0.6) is 0 Å². The highest BCUT2D eigenvalue weighted by atomic mass is 32.2. The summed E-state index contributed by atoms with van der Waals surface area (Å²) in [5.74, 6) is 1.17. The van der Waals surface area contributed by atoms with E-state index in [1.54, 1.807) is 17.7 Å². The predicted octanol–water partition coefficient (Wildman–Crippen LogP) is 1.29. The summed E-state index contributed by atoms with van der Waals surface area (Å²) < 4.78 is 38.4. The van der Waals surface area contributed by atoms with Crippen molar-refractivity contribution in [3.63, 3.8) is 0 Å². The maximum absolute atomic E-state index is 12.8. The quantitative estimate of drug-likeness (QED) is 0.808. The van der Waals surface area contributed by atoms with Crippen LogP contribution < -0.4 is 0 Å². The van der Waals surface area contributed by atoms with Gasteiger partial charge in [0.1, 0.15) is 5.76 Å². The Balaban J connectivity index is 1.54. The van der Waals surface area contributed by atoms with Crippen LogP contribution >= 0.6 is 0 Å². The van der Waals surface area contributed by atoms with Crippen LogP contribution in [-0.4, -0.2) is 61.8 Å². The van der Waals surface area contributed by atoms with Gasteiger partial charge in [-0.05, 0) is 31.4 Å². The van der Waals surface area contributed by atoms with Gasteiger partial charge in [0.25, 0.3) is 0 Å². The summed E-state index contributed by atoms with van der Waals surface area (Å²) in [5, 5.41) is -0.138. The Labute approximate surface area is 137 Å². The third-order valence-electron chi connectivity index (χ3n) is 5.42. The van der Waals surface area contributed by atoms with E-state index in [1.165, 1.54) is 0 Å². The molecular formula is C16H24N2O4S. The second-order valence-electron chi connectivity index (χ2n) is 6.92. The molecule has 0 unspecified atom stereocenters. The van der Waals surface area contributed by atoms with Crippen molar-refractivity contribution in [2.24, 2.45) is 5.92 Å². The number of methoxy groups -OCH3 is 1. The van der Waals surface area contributed by atoms with E-state index in [0.717, 1.165) is 44.7 Å². The van der Waals surface area contributed by atoms with Crippen molar-refractivity contribution in [1.82, 2.24) is 9.21 Å². The first-order chi connectivity index (χ1) is 11.1. The number of hydrogen-bond donors (Lipinski definition) is 0. The first kappa shape index (κ1) is 15.6. The summed E-state index contributed by atoms with van der Waals surface area (Å²) >= 11 is 0. The van der Waals surface area contributed by atoms with Crippen molar-refractivity contribution >= 4 is 10.0 Å². The average Bonchev–Trinajstić information content (AvgIpc) is 3.14. The van der Waals surface area contributed by atoms with Crippen LogP contribution in [0.4, 0.5) is 0 Å². The number of furan rings is 1. The molecule has 23 heavy (non-hydrogen) atoms. The van der Waals surface area contributed by atoms with Crippen molar-refractivity contribution in [2.45, 2.75) is 43.2 Å². The number of nitrogens with zero attached hydrogens (tertiary/aromatic N) is 2. The van der Waals surface area contributed by atoms with E-state index < -0.39 is 10.0 Å². The third kappa shape index (κ3) is 2.84. The highest BCUT2D eigenvalue weighted by molar-refractivity contribution is 7.90. The molecule has 0 radical (unpaired) electrons. The number of ether oxygens (including phenoxy) is 1. The van der Waals surface area contributed by atoms with Crippen LogP contribution in [0.2, 0.25) is 0 Å². The highest BCUT2D eigenvalue weighted by Gasteiger charge is 2.51. The molecular weight excluding hydrogens is 316 g/mol. The van der Waals surface area contributed by atoms with Gasteiger partial charge in [-0.25, -0.2) is 8.42 Å². The maximum atomic E-state index is 12.8. The van der Waals surface area contributed by atoms with Gasteiger partial charge in [0.15, 0.2) is 0 Å². The van der Waals surface area contributed by atoms with Gasteiger partial charge < -0.3 is 9.15 Å². The van der Waals surface area contributed by atoms with Gasteiger partial charge >= 0.3 is 0 Å². The van der Waals surface area contributed by atoms with Crippen LogP contribution in [0.15, 0.2) is 22.8 Å².